The van der Waals surface area contributed by atoms with Crippen molar-refractivity contribution in [1.29, 1.82) is 0 Å². The van der Waals surface area contributed by atoms with Crippen LogP contribution in [0, 0.1) is 34.5 Å². The first kappa shape index (κ1) is 18.8. The van der Waals surface area contributed by atoms with Crippen molar-refractivity contribution in [2.24, 2.45) is 34.5 Å². The molecule has 0 radical (unpaired) electrons. The molecular weight excluding hydrogens is 356 g/mol. The van der Waals surface area contributed by atoms with Crippen LogP contribution in [0.1, 0.15) is 65.2 Å². The van der Waals surface area contributed by atoms with Crippen molar-refractivity contribution in [3.63, 3.8) is 0 Å². The van der Waals surface area contributed by atoms with Gasteiger partial charge in [-0.3, -0.25) is 4.79 Å². The summed E-state index contributed by atoms with van der Waals surface area (Å²) in [5, 5.41) is 22.2. The van der Waals surface area contributed by atoms with Crippen LogP contribution in [-0.2, 0) is 14.3 Å². The maximum absolute atomic E-state index is 13.6. The second kappa shape index (κ2) is 5.91. The molecule has 5 nitrogen and oxygen atoms in total. The van der Waals surface area contributed by atoms with Gasteiger partial charge in [-0.2, -0.15) is 0 Å². The first-order chi connectivity index (χ1) is 13.2. The molecule has 5 rings (SSSR count). The molecule has 0 spiro atoms. The zero-order valence-corrected chi connectivity index (χ0v) is 16.9. The zero-order valence-electron chi connectivity index (χ0n) is 16.9. The van der Waals surface area contributed by atoms with Crippen molar-refractivity contribution < 1.29 is 24.5 Å². The lowest BCUT2D eigenvalue weighted by Gasteiger charge is -2.62. The largest absolute Gasteiger partial charge is 0.458 e. The summed E-state index contributed by atoms with van der Waals surface area (Å²) in [6.07, 6.45) is 7.48. The van der Waals surface area contributed by atoms with Crippen LogP contribution in [0.3, 0.4) is 0 Å². The average molecular weight is 389 g/mol. The number of aliphatic hydroxyl groups is 2. The van der Waals surface area contributed by atoms with Crippen molar-refractivity contribution >= 4 is 11.8 Å². The predicted molar refractivity (Wildman–Crippen MR) is 102 cm³/mol. The Kier molecular flexibility index (Phi) is 3.97. The summed E-state index contributed by atoms with van der Waals surface area (Å²) in [6, 6.07) is 0. The van der Waals surface area contributed by atoms with Gasteiger partial charge < -0.3 is 14.9 Å². The molecule has 5 aliphatic rings. The highest BCUT2D eigenvalue weighted by Crippen LogP contribution is 2.68. The summed E-state index contributed by atoms with van der Waals surface area (Å²) >= 11 is 0. The third kappa shape index (κ3) is 2.26. The maximum atomic E-state index is 13.6. The second-order valence-corrected chi connectivity index (χ2v) is 10.7. The number of rotatable bonds is 1. The molecule has 0 aromatic rings. The number of ketones is 1. The molecule has 0 aromatic carbocycles. The summed E-state index contributed by atoms with van der Waals surface area (Å²) in [6.45, 7) is 4.61. The van der Waals surface area contributed by atoms with E-state index in [4.69, 9.17) is 4.74 Å². The maximum Gasteiger partial charge on any atom is 0.331 e. The molecule has 0 saturated heterocycles. The Balaban J connectivity index is 1.52. The topological polar surface area (TPSA) is 83.8 Å². The number of ether oxygens (including phenoxy) is 1. The molecule has 5 heteroatoms. The Labute approximate surface area is 166 Å². The molecular formula is C23H32O5. The zero-order chi connectivity index (χ0) is 19.9. The van der Waals surface area contributed by atoms with Gasteiger partial charge in [0, 0.05) is 23.8 Å². The van der Waals surface area contributed by atoms with Crippen LogP contribution < -0.4 is 0 Å². The van der Waals surface area contributed by atoms with Gasteiger partial charge >= 0.3 is 5.97 Å². The molecule has 154 valence electrons. The van der Waals surface area contributed by atoms with E-state index in [1.807, 2.05) is 0 Å². The molecule has 4 saturated carbocycles. The molecule has 4 fully saturated rings. The van der Waals surface area contributed by atoms with Gasteiger partial charge in [0.15, 0.2) is 0 Å². The van der Waals surface area contributed by atoms with Crippen molar-refractivity contribution in [3.05, 3.63) is 11.6 Å². The van der Waals surface area contributed by atoms with Gasteiger partial charge in [0.2, 0.25) is 0 Å². The molecule has 0 amide bonds. The first-order valence-electron chi connectivity index (χ1n) is 11.0. The van der Waals surface area contributed by atoms with Gasteiger partial charge in [0.25, 0.3) is 0 Å². The fourth-order valence-electron chi connectivity index (χ4n) is 8.18. The molecule has 8 atom stereocenters. The Morgan fingerprint density at radius 1 is 1.11 bits per heavy atom. The molecule has 4 aliphatic carbocycles. The average Bonchev–Trinajstić information content (AvgIpc) is 3.16. The van der Waals surface area contributed by atoms with E-state index in [1.165, 1.54) is 0 Å². The van der Waals surface area contributed by atoms with E-state index in [-0.39, 0.29) is 35.2 Å². The fourth-order valence-corrected chi connectivity index (χ4v) is 8.18. The molecule has 0 aromatic heterocycles. The second-order valence-electron chi connectivity index (χ2n) is 10.7. The SMILES string of the molecule is C[C@]12CC[C@@H](O)C[C@@H]1CC[C@H]1[C@H]2C(=O)C[C@@]2(C)[C@H](C3=CC(=O)OC3)CC[C@]12O. The van der Waals surface area contributed by atoms with Crippen LogP contribution in [0.4, 0.5) is 0 Å². The van der Waals surface area contributed by atoms with Gasteiger partial charge in [0.1, 0.15) is 12.4 Å². The summed E-state index contributed by atoms with van der Waals surface area (Å²) in [5.41, 5.74) is -0.551. The quantitative estimate of drug-likeness (QED) is 0.675. The number of aliphatic hydroxyl groups excluding tert-OH is 1. The number of hydrogen-bond donors (Lipinski definition) is 2. The molecule has 28 heavy (non-hydrogen) atoms. The number of hydrogen-bond acceptors (Lipinski definition) is 5. The lowest BCUT2D eigenvalue weighted by atomic mass is 9.43. The van der Waals surface area contributed by atoms with Crippen LogP contribution in [0.25, 0.3) is 0 Å². The van der Waals surface area contributed by atoms with E-state index < -0.39 is 11.0 Å². The van der Waals surface area contributed by atoms with Crippen LogP contribution in [0.15, 0.2) is 11.6 Å². The number of Topliss-reactive ketones (excluding diaryl/α,β-unsaturated/α-hetero) is 1. The molecule has 1 aliphatic heterocycles. The normalized spacial score (nSPS) is 53.1. The van der Waals surface area contributed by atoms with E-state index in [1.54, 1.807) is 6.08 Å². The first-order valence-corrected chi connectivity index (χ1v) is 11.0. The highest BCUT2D eigenvalue weighted by Gasteiger charge is 2.70. The van der Waals surface area contributed by atoms with E-state index in [9.17, 15) is 19.8 Å². The Morgan fingerprint density at radius 2 is 1.89 bits per heavy atom. The third-order valence-corrected chi connectivity index (χ3v) is 9.65. The van der Waals surface area contributed by atoms with Gasteiger partial charge in [0.05, 0.1) is 11.7 Å². The lowest BCUT2D eigenvalue weighted by molar-refractivity contribution is -0.206. The minimum Gasteiger partial charge on any atom is -0.458 e. The molecule has 0 bridgehead atoms. The van der Waals surface area contributed by atoms with Crippen LogP contribution in [-0.4, -0.2) is 40.3 Å². The molecule has 0 unspecified atom stereocenters. The lowest BCUT2D eigenvalue weighted by Crippen LogP contribution is -2.65. The summed E-state index contributed by atoms with van der Waals surface area (Å²) < 4.78 is 5.14. The molecule has 1 heterocycles. The number of carbonyl (C=O) groups excluding carboxylic acids is 2. The summed E-state index contributed by atoms with van der Waals surface area (Å²) in [4.78, 5) is 25.2. The van der Waals surface area contributed by atoms with E-state index in [0.717, 1.165) is 44.1 Å². The summed E-state index contributed by atoms with van der Waals surface area (Å²) in [7, 11) is 0. The Morgan fingerprint density at radius 3 is 2.61 bits per heavy atom. The summed E-state index contributed by atoms with van der Waals surface area (Å²) in [5.74, 6) is 0.272. The van der Waals surface area contributed by atoms with Gasteiger partial charge in [-0.25, -0.2) is 4.79 Å². The number of fused-ring (bicyclic) bond motifs is 5. The van der Waals surface area contributed by atoms with Crippen molar-refractivity contribution in [3.8, 4) is 0 Å². The predicted octanol–water partition coefficient (Wildman–Crippen LogP) is 2.78. The monoisotopic (exact) mass is 388 g/mol. The fraction of sp³-hybridized carbons (Fsp3) is 0.826. The Bertz CT molecular complexity index is 758. The van der Waals surface area contributed by atoms with E-state index in [2.05, 4.69) is 13.8 Å². The van der Waals surface area contributed by atoms with Crippen LogP contribution in [0.2, 0.25) is 0 Å². The highest BCUT2D eigenvalue weighted by molar-refractivity contribution is 5.86. The smallest absolute Gasteiger partial charge is 0.331 e. The van der Waals surface area contributed by atoms with Crippen molar-refractivity contribution in [2.45, 2.75) is 76.9 Å². The third-order valence-electron chi connectivity index (χ3n) is 9.65. The van der Waals surface area contributed by atoms with Crippen molar-refractivity contribution in [1.82, 2.24) is 0 Å². The minimum atomic E-state index is -0.868. The Hall–Kier alpha value is -1.20. The number of carbonyl (C=O) groups is 2. The number of cyclic esters (lactones) is 1. The highest BCUT2D eigenvalue weighted by atomic mass is 16.5. The van der Waals surface area contributed by atoms with Gasteiger partial charge in [-0.1, -0.05) is 13.8 Å². The standard InChI is InChI=1S/C23H32O5/c1-21-7-5-15(24)10-14(21)3-4-17-20(21)18(25)11-22(2)16(6-8-23(17,22)27)13-9-19(26)28-12-13/h9,14-17,20,24,27H,3-8,10-12H2,1-2H3/t14-,15+,16-,17-,20-,21-,22-,23-/m0/s1. The van der Waals surface area contributed by atoms with E-state index >= 15 is 0 Å². The van der Waals surface area contributed by atoms with Crippen LogP contribution in [0.5, 0.6) is 0 Å². The van der Waals surface area contributed by atoms with Gasteiger partial charge in [-0.05, 0) is 73.7 Å². The number of esters is 1. The van der Waals surface area contributed by atoms with Gasteiger partial charge in [-0.15, -0.1) is 0 Å². The minimum absolute atomic E-state index is 0.0149. The van der Waals surface area contributed by atoms with Crippen molar-refractivity contribution in [2.75, 3.05) is 6.61 Å². The van der Waals surface area contributed by atoms with Crippen LogP contribution >= 0.6 is 0 Å². The van der Waals surface area contributed by atoms with E-state index in [0.29, 0.717) is 31.1 Å². The molecule has 2 N–H and O–H groups in total.